The zero-order valence-electron chi connectivity index (χ0n) is 18.1. The molecule has 0 bridgehead atoms. The van der Waals surface area contributed by atoms with Gasteiger partial charge >= 0.3 is 0 Å². The minimum absolute atomic E-state index is 0.0918. The number of rotatable bonds is 7. The Bertz CT molecular complexity index is 1080. The molecule has 0 saturated heterocycles. The van der Waals surface area contributed by atoms with Crippen molar-refractivity contribution >= 4 is 11.3 Å². The standard InChI is InChI=1S/C25H29NO3S/c1-16(2)21-11-18-12-24(29-9-6-8-28-4)20(25-7-5-10-30-25)13-19(18)22-14-23(27)17(3)15-26(21)22/h5,7,10,12-16,21H,6,8-9,11H2,1-4H3. The molecule has 5 heteroatoms. The van der Waals surface area contributed by atoms with Gasteiger partial charge in [-0.15, -0.1) is 11.3 Å². The molecule has 0 N–H and O–H groups in total. The Morgan fingerprint density at radius 3 is 2.73 bits per heavy atom. The van der Waals surface area contributed by atoms with Gasteiger partial charge in [-0.1, -0.05) is 19.9 Å². The first-order valence-electron chi connectivity index (χ1n) is 10.5. The van der Waals surface area contributed by atoms with Crippen molar-refractivity contribution in [1.82, 2.24) is 4.57 Å². The smallest absolute Gasteiger partial charge is 0.185 e. The molecule has 0 saturated carbocycles. The number of ether oxygens (including phenoxy) is 2. The predicted molar refractivity (Wildman–Crippen MR) is 124 cm³/mol. The van der Waals surface area contributed by atoms with Crippen molar-refractivity contribution in [2.45, 2.75) is 39.7 Å². The monoisotopic (exact) mass is 423 g/mol. The summed E-state index contributed by atoms with van der Waals surface area (Å²) in [6.45, 7) is 7.69. The highest BCUT2D eigenvalue weighted by atomic mass is 32.1. The first kappa shape index (κ1) is 20.9. The van der Waals surface area contributed by atoms with E-state index in [4.69, 9.17) is 9.47 Å². The third kappa shape index (κ3) is 3.96. The molecule has 0 spiro atoms. The molecule has 0 fully saturated rings. The summed E-state index contributed by atoms with van der Waals surface area (Å²) in [5.41, 5.74) is 5.37. The molecule has 1 aromatic carbocycles. The highest BCUT2D eigenvalue weighted by molar-refractivity contribution is 7.13. The Kier molecular flexibility index (Phi) is 6.11. The lowest BCUT2D eigenvalue weighted by molar-refractivity contribution is 0.172. The van der Waals surface area contributed by atoms with Gasteiger partial charge in [-0.3, -0.25) is 4.79 Å². The van der Waals surface area contributed by atoms with Gasteiger partial charge in [0, 0.05) is 60.0 Å². The minimum Gasteiger partial charge on any atom is -0.493 e. The van der Waals surface area contributed by atoms with Crippen LogP contribution in [0.25, 0.3) is 21.7 Å². The Balaban J connectivity index is 1.85. The molecule has 0 radical (unpaired) electrons. The summed E-state index contributed by atoms with van der Waals surface area (Å²) in [5.74, 6) is 1.37. The van der Waals surface area contributed by atoms with E-state index in [1.807, 2.05) is 13.1 Å². The molecule has 4 rings (SSSR count). The van der Waals surface area contributed by atoms with Crippen LogP contribution < -0.4 is 10.2 Å². The largest absolute Gasteiger partial charge is 0.493 e. The van der Waals surface area contributed by atoms with E-state index < -0.39 is 0 Å². The van der Waals surface area contributed by atoms with Crippen molar-refractivity contribution in [2.24, 2.45) is 5.92 Å². The zero-order valence-corrected chi connectivity index (χ0v) is 18.9. The lowest BCUT2D eigenvalue weighted by Gasteiger charge is -2.34. The highest BCUT2D eigenvalue weighted by Gasteiger charge is 2.28. The van der Waals surface area contributed by atoms with Gasteiger partial charge in [-0.25, -0.2) is 0 Å². The summed E-state index contributed by atoms with van der Waals surface area (Å²) >= 11 is 1.70. The molecule has 1 aliphatic rings. The van der Waals surface area contributed by atoms with Crippen molar-refractivity contribution in [3.8, 4) is 27.4 Å². The number of hydrogen-bond donors (Lipinski definition) is 0. The second-order valence-electron chi connectivity index (χ2n) is 8.31. The van der Waals surface area contributed by atoms with Crippen LogP contribution in [0.5, 0.6) is 5.75 Å². The number of benzene rings is 1. The maximum absolute atomic E-state index is 12.5. The van der Waals surface area contributed by atoms with E-state index in [1.54, 1.807) is 24.5 Å². The number of pyridine rings is 1. The van der Waals surface area contributed by atoms with Crippen LogP contribution in [0.4, 0.5) is 0 Å². The molecule has 4 nitrogen and oxygen atoms in total. The lowest BCUT2D eigenvalue weighted by atomic mass is 9.86. The average Bonchev–Trinajstić information content (AvgIpc) is 3.25. The molecule has 0 aliphatic carbocycles. The van der Waals surface area contributed by atoms with Crippen LogP contribution in [0.3, 0.4) is 0 Å². The van der Waals surface area contributed by atoms with E-state index in [-0.39, 0.29) is 5.43 Å². The Labute approximate surface area is 182 Å². The Hall–Kier alpha value is -2.37. The van der Waals surface area contributed by atoms with E-state index >= 15 is 0 Å². The molecular formula is C25H29NO3S. The van der Waals surface area contributed by atoms with Crippen LogP contribution in [0, 0.1) is 12.8 Å². The van der Waals surface area contributed by atoms with E-state index in [1.165, 1.54) is 10.4 Å². The van der Waals surface area contributed by atoms with Crippen molar-refractivity contribution in [2.75, 3.05) is 20.3 Å². The summed E-state index contributed by atoms with van der Waals surface area (Å²) in [6.07, 6.45) is 3.82. The van der Waals surface area contributed by atoms with E-state index in [9.17, 15) is 4.79 Å². The van der Waals surface area contributed by atoms with Gasteiger partial charge in [0.1, 0.15) is 5.75 Å². The third-order valence-electron chi connectivity index (χ3n) is 5.84. The molecular weight excluding hydrogens is 394 g/mol. The average molecular weight is 424 g/mol. The number of thiophene rings is 1. The number of aromatic nitrogens is 1. The number of nitrogens with zero attached hydrogens (tertiary/aromatic N) is 1. The second kappa shape index (κ2) is 8.78. The molecule has 158 valence electrons. The van der Waals surface area contributed by atoms with Crippen molar-refractivity contribution in [3.63, 3.8) is 0 Å². The molecule has 3 heterocycles. The van der Waals surface area contributed by atoms with Crippen molar-refractivity contribution in [3.05, 3.63) is 63.3 Å². The topological polar surface area (TPSA) is 40.5 Å². The molecule has 30 heavy (non-hydrogen) atoms. The van der Waals surface area contributed by atoms with Crippen LogP contribution in [0.15, 0.2) is 46.7 Å². The van der Waals surface area contributed by atoms with Crippen LogP contribution in [-0.4, -0.2) is 24.9 Å². The first-order chi connectivity index (χ1) is 14.5. The predicted octanol–water partition coefficient (Wildman–Crippen LogP) is 5.72. The normalized spacial score (nSPS) is 15.2. The summed E-state index contributed by atoms with van der Waals surface area (Å²) in [7, 11) is 1.71. The first-order valence-corrected chi connectivity index (χ1v) is 11.4. The van der Waals surface area contributed by atoms with Gasteiger partial charge in [0.15, 0.2) is 5.43 Å². The van der Waals surface area contributed by atoms with E-state index in [0.29, 0.717) is 25.2 Å². The van der Waals surface area contributed by atoms with Crippen molar-refractivity contribution < 1.29 is 9.47 Å². The summed E-state index contributed by atoms with van der Waals surface area (Å²) in [6, 6.07) is 10.7. The van der Waals surface area contributed by atoms with Crippen LogP contribution >= 0.6 is 11.3 Å². The fourth-order valence-electron chi connectivity index (χ4n) is 4.18. The fourth-order valence-corrected chi connectivity index (χ4v) is 4.93. The van der Waals surface area contributed by atoms with Crippen LogP contribution in [-0.2, 0) is 11.2 Å². The van der Waals surface area contributed by atoms with Gasteiger partial charge in [-0.2, -0.15) is 0 Å². The van der Waals surface area contributed by atoms with Crippen molar-refractivity contribution in [1.29, 1.82) is 0 Å². The SMILES string of the molecule is COCCCOc1cc2c(cc1-c1cccs1)-c1cc(=O)c(C)cn1C(C(C)C)C2. The molecule has 3 aromatic rings. The fraction of sp³-hybridized carbons (Fsp3) is 0.400. The summed E-state index contributed by atoms with van der Waals surface area (Å²) in [5, 5.41) is 2.08. The zero-order chi connectivity index (χ0) is 21.3. The number of fused-ring (bicyclic) bond motifs is 3. The van der Waals surface area contributed by atoms with E-state index in [0.717, 1.165) is 41.0 Å². The molecule has 1 aliphatic heterocycles. The third-order valence-corrected chi connectivity index (χ3v) is 6.74. The van der Waals surface area contributed by atoms with Crippen LogP contribution in [0.2, 0.25) is 0 Å². The molecule has 1 unspecified atom stereocenters. The maximum Gasteiger partial charge on any atom is 0.185 e. The molecule has 2 aromatic heterocycles. The second-order valence-corrected chi connectivity index (χ2v) is 9.25. The number of methoxy groups -OCH3 is 1. The minimum atomic E-state index is 0.0918. The summed E-state index contributed by atoms with van der Waals surface area (Å²) < 4.78 is 13.7. The lowest BCUT2D eigenvalue weighted by Crippen LogP contribution is -2.26. The quantitative estimate of drug-likeness (QED) is 0.456. The molecule has 0 amide bonds. The van der Waals surface area contributed by atoms with Gasteiger partial charge in [0.2, 0.25) is 0 Å². The number of hydrogen-bond acceptors (Lipinski definition) is 4. The Morgan fingerprint density at radius 2 is 2.03 bits per heavy atom. The summed E-state index contributed by atoms with van der Waals surface area (Å²) in [4.78, 5) is 13.7. The number of aryl methyl sites for hydroxylation is 1. The van der Waals surface area contributed by atoms with Gasteiger partial charge in [0.05, 0.1) is 12.3 Å². The Morgan fingerprint density at radius 1 is 1.20 bits per heavy atom. The van der Waals surface area contributed by atoms with E-state index in [2.05, 4.69) is 48.1 Å². The highest BCUT2D eigenvalue weighted by Crippen LogP contribution is 2.44. The van der Waals surface area contributed by atoms with Gasteiger partial charge in [0.25, 0.3) is 0 Å². The molecule has 1 atom stereocenters. The van der Waals surface area contributed by atoms with Crippen LogP contribution in [0.1, 0.15) is 37.4 Å². The van der Waals surface area contributed by atoms with Gasteiger partial charge in [-0.05, 0) is 48.4 Å². The van der Waals surface area contributed by atoms with Gasteiger partial charge < -0.3 is 14.0 Å². The maximum atomic E-state index is 12.5.